The fourth-order valence-electron chi connectivity index (χ4n) is 1.60. The lowest BCUT2D eigenvalue weighted by atomic mass is 10.0. The first-order valence-electron chi connectivity index (χ1n) is 5.29. The minimum atomic E-state index is -0.138. The van der Waals surface area contributed by atoms with Gasteiger partial charge in [0.05, 0.1) is 7.11 Å². The van der Waals surface area contributed by atoms with E-state index in [-0.39, 0.29) is 11.5 Å². The number of ether oxygens (including phenoxy) is 1. The van der Waals surface area contributed by atoms with Gasteiger partial charge in [-0.25, -0.2) is 0 Å². The van der Waals surface area contributed by atoms with Crippen molar-refractivity contribution in [2.75, 3.05) is 7.11 Å². The topological polar surface area (TPSA) is 46.5 Å². The number of carbonyl (C=O) groups is 1. The number of hydrogen-bond donors (Lipinski definition) is 1. The van der Waals surface area contributed by atoms with Gasteiger partial charge < -0.3 is 9.84 Å². The summed E-state index contributed by atoms with van der Waals surface area (Å²) < 4.78 is 5.85. The Morgan fingerprint density at radius 3 is 2.28 bits per heavy atom. The highest BCUT2D eigenvalue weighted by atomic mass is 79.9. The number of hydrogen-bond acceptors (Lipinski definition) is 3. The minimum Gasteiger partial charge on any atom is -0.504 e. The maximum atomic E-state index is 12.1. The summed E-state index contributed by atoms with van der Waals surface area (Å²) in [7, 11) is 1.46. The largest absolute Gasteiger partial charge is 0.504 e. The number of methoxy groups -OCH3 is 1. The summed E-state index contributed by atoms with van der Waals surface area (Å²) in [5, 5.41) is 9.65. The lowest BCUT2D eigenvalue weighted by Crippen LogP contribution is -2.01. The summed E-state index contributed by atoms with van der Waals surface area (Å²) in [5.41, 5.74) is 0.999. The van der Waals surface area contributed by atoms with Crippen LogP contribution < -0.4 is 4.74 Å². The summed E-state index contributed by atoms with van der Waals surface area (Å²) in [6.07, 6.45) is 0. The zero-order valence-corrected chi connectivity index (χ0v) is 11.3. The molecule has 0 aliphatic rings. The Morgan fingerprint density at radius 1 is 1.11 bits per heavy atom. The van der Waals surface area contributed by atoms with E-state index >= 15 is 0 Å². The van der Waals surface area contributed by atoms with Crippen molar-refractivity contribution in [3.05, 3.63) is 58.1 Å². The van der Waals surface area contributed by atoms with Gasteiger partial charge in [0.15, 0.2) is 17.3 Å². The zero-order valence-electron chi connectivity index (χ0n) is 9.68. The Bertz CT molecular complexity index is 576. The fraction of sp³-hybridized carbons (Fsp3) is 0.0714. The first kappa shape index (κ1) is 12.6. The van der Waals surface area contributed by atoms with Crippen molar-refractivity contribution in [2.24, 2.45) is 0 Å². The van der Waals surface area contributed by atoms with Gasteiger partial charge in [0.1, 0.15) is 0 Å². The lowest BCUT2D eigenvalue weighted by molar-refractivity contribution is 0.103. The Hall–Kier alpha value is -1.81. The molecule has 0 aliphatic heterocycles. The lowest BCUT2D eigenvalue weighted by Gasteiger charge is -2.06. The molecule has 2 rings (SSSR count). The monoisotopic (exact) mass is 306 g/mol. The van der Waals surface area contributed by atoms with Crippen LogP contribution in [0.15, 0.2) is 46.9 Å². The average Bonchev–Trinajstić information content (AvgIpc) is 2.38. The molecule has 0 amide bonds. The smallest absolute Gasteiger partial charge is 0.193 e. The molecule has 2 aromatic rings. The third kappa shape index (κ3) is 2.54. The van der Waals surface area contributed by atoms with Crippen LogP contribution in [-0.4, -0.2) is 18.0 Å². The maximum Gasteiger partial charge on any atom is 0.193 e. The highest BCUT2D eigenvalue weighted by Crippen LogP contribution is 2.27. The highest BCUT2D eigenvalue weighted by molar-refractivity contribution is 9.10. The van der Waals surface area contributed by atoms with E-state index in [1.807, 2.05) is 0 Å². The molecule has 1 N–H and O–H groups in total. The van der Waals surface area contributed by atoms with Crippen molar-refractivity contribution in [1.82, 2.24) is 0 Å². The van der Waals surface area contributed by atoms with E-state index in [4.69, 9.17) is 4.74 Å². The Kier molecular flexibility index (Phi) is 3.67. The Morgan fingerprint density at radius 2 is 1.72 bits per heavy atom. The van der Waals surface area contributed by atoms with Gasteiger partial charge in [0.25, 0.3) is 0 Å². The Balaban J connectivity index is 2.34. The van der Waals surface area contributed by atoms with Crippen LogP contribution in [0.2, 0.25) is 0 Å². The van der Waals surface area contributed by atoms with Crippen LogP contribution >= 0.6 is 15.9 Å². The van der Waals surface area contributed by atoms with Crippen molar-refractivity contribution in [3.63, 3.8) is 0 Å². The minimum absolute atomic E-state index is 0.0412. The molecule has 0 bridgehead atoms. The molecule has 4 heteroatoms. The van der Waals surface area contributed by atoms with Gasteiger partial charge in [0, 0.05) is 15.6 Å². The summed E-state index contributed by atoms with van der Waals surface area (Å²) in [6, 6.07) is 11.7. The molecule has 0 unspecified atom stereocenters. The summed E-state index contributed by atoms with van der Waals surface area (Å²) >= 11 is 3.31. The van der Waals surface area contributed by atoms with Gasteiger partial charge in [-0.05, 0) is 42.5 Å². The molecule has 18 heavy (non-hydrogen) atoms. The summed E-state index contributed by atoms with van der Waals surface area (Å²) in [4.78, 5) is 12.1. The predicted molar refractivity (Wildman–Crippen MR) is 72.2 cm³/mol. The third-order valence-corrected chi connectivity index (χ3v) is 3.08. The number of benzene rings is 2. The molecule has 0 aliphatic carbocycles. The standard InChI is InChI=1S/C14H11BrO3/c1-18-13-7-4-10(8-12(13)16)14(17)9-2-5-11(15)6-3-9/h2-8,16H,1H3. The van der Waals surface area contributed by atoms with E-state index in [0.717, 1.165) is 4.47 Å². The summed E-state index contributed by atoms with van der Waals surface area (Å²) in [5.74, 6) is 0.170. The first-order chi connectivity index (χ1) is 8.61. The van der Waals surface area contributed by atoms with Crippen molar-refractivity contribution >= 4 is 21.7 Å². The second-order valence-electron chi connectivity index (χ2n) is 3.72. The molecular weight excluding hydrogens is 296 g/mol. The van der Waals surface area contributed by atoms with Gasteiger partial charge in [-0.1, -0.05) is 15.9 Å². The van der Waals surface area contributed by atoms with Crippen LogP contribution in [0.5, 0.6) is 11.5 Å². The van der Waals surface area contributed by atoms with Gasteiger partial charge >= 0.3 is 0 Å². The van der Waals surface area contributed by atoms with Gasteiger partial charge in [-0.2, -0.15) is 0 Å². The molecule has 0 atom stereocenters. The number of phenols is 1. The van der Waals surface area contributed by atoms with Crippen molar-refractivity contribution in [3.8, 4) is 11.5 Å². The number of ketones is 1. The average molecular weight is 307 g/mol. The van der Waals surface area contributed by atoms with Gasteiger partial charge in [0.2, 0.25) is 0 Å². The van der Waals surface area contributed by atoms with Gasteiger partial charge in [-0.15, -0.1) is 0 Å². The Labute approximate surface area is 113 Å². The van der Waals surface area contributed by atoms with Crippen molar-refractivity contribution in [1.29, 1.82) is 0 Å². The number of rotatable bonds is 3. The van der Waals surface area contributed by atoms with Crippen LogP contribution in [0.4, 0.5) is 0 Å². The SMILES string of the molecule is COc1ccc(C(=O)c2ccc(Br)cc2)cc1O. The molecule has 2 aromatic carbocycles. The second-order valence-corrected chi connectivity index (χ2v) is 4.64. The van der Waals surface area contributed by atoms with E-state index in [0.29, 0.717) is 16.9 Å². The maximum absolute atomic E-state index is 12.1. The molecule has 0 radical (unpaired) electrons. The van der Waals surface area contributed by atoms with E-state index in [1.165, 1.54) is 13.2 Å². The highest BCUT2D eigenvalue weighted by Gasteiger charge is 2.11. The van der Waals surface area contributed by atoms with E-state index < -0.39 is 0 Å². The molecule has 0 saturated heterocycles. The van der Waals surface area contributed by atoms with Crippen LogP contribution in [0.25, 0.3) is 0 Å². The molecular formula is C14H11BrO3. The zero-order chi connectivity index (χ0) is 13.1. The molecule has 92 valence electrons. The molecule has 0 heterocycles. The van der Waals surface area contributed by atoms with Crippen LogP contribution in [0.3, 0.4) is 0 Å². The van der Waals surface area contributed by atoms with E-state index in [1.54, 1.807) is 36.4 Å². The number of carbonyl (C=O) groups excluding carboxylic acids is 1. The number of halogens is 1. The first-order valence-corrected chi connectivity index (χ1v) is 6.08. The predicted octanol–water partition coefficient (Wildman–Crippen LogP) is 3.39. The van der Waals surface area contributed by atoms with Crippen molar-refractivity contribution in [2.45, 2.75) is 0 Å². The van der Waals surface area contributed by atoms with Crippen LogP contribution in [0, 0.1) is 0 Å². The third-order valence-electron chi connectivity index (χ3n) is 2.55. The fourth-order valence-corrected chi connectivity index (χ4v) is 1.86. The molecule has 0 saturated carbocycles. The summed E-state index contributed by atoms with van der Waals surface area (Å²) in [6.45, 7) is 0. The molecule has 0 fully saturated rings. The number of phenolic OH excluding ortho intramolecular Hbond substituents is 1. The second kappa shape index (κ2) is 5.23. The molecule has 0 spiro atoms. The molecule has 0 aromatic heterocycles. The van der Waals surface area contributed by atoms with E-state index in [2.05, 4.69) is 15.9 Å². The normalized spacial score (nSPS) is 10.1. The van der Waals surface area contributed by atoms with Gasteiger partial charge in [-0.3, -0.25) is 4.79 Å². The number of aromatic hydroxyl groups is 1. The molecule has 3 nitrogen and oxygen atoms in total. The van der Waals surface area contributed by atoms with Crippen LogP contribution in [0.1, 0.15) is 15.9 Å². The van der Waals surface area contributed by atoms with E-state index in [9.17, 15) is 9.90 Å². The van der Waals surface area contributed by atoms with Crippen LogP contribution in [-0.2, 0) is 0 Å². The van der Waals surface area contributed by atoms with Crippen molar-refractivity contribution < 1.29 is 14.6 Å². The quantitative estimate of drug-likeness (QED) is 0.884.